The third-order valence-corrected chi connectivity index (χ3v) is 3.71. The number of aryl methyl sites for hydroxylation is 3. The van der Waals surface area contributed by atoms with Gasteiger partial charge in [-0.2, -0.15) is 0 Å². The van der Waals surface area contributed by atoms with Crippen molar-refractivity contribution in [1.82, 2.24) is 15.6 Å². The van der Waals surface area contributed by atoms with Crippen molar-refractivity contribution >= 4 is 22.9 Å². The number of aromatic amines is 1. The number of hydrogen-bond donors (Lipinski definition) is 4. The molecule has 0 aliphatic carbocycles. The van der Waals surface area contributed by atoms with E-state index in [4.69, 9.17) is 5.11 Å². The number of aromatic nitrogens is 1. The molecule has 0 unspecified atom stereocenters. The fourth-order valence-corrected chi connectivity index (χ4v) is 2.45. The number of rotatable bonds is 5. The number of carboxylic acid groups (broad SMARTS) is 1. The Morgan fingerprint density at radius 2 is 1.91 bits per heavy atom. The van der Waals surface area contributed by atoms with E-state index >= 15 is 0 Å². The fourth-order valence-electron chi connectivity index (χ4n) is 2.45. The van der Waals surface area contributed by atoms with Crippen LogP contribution in [0.1, 0.15) is 28.8 Å². The number of urea groups is 1. The zero-order valence-electron chi connectivity index (χ0n) is 13.0. The lowest BCUT2D eigenvalue weighted by molar-refractivity contribution is -0.136. The lowest BCUT2D eigenvalue weighted by Gasteiger charge is -2.09. The minimum atomic E-state index is -0.932. The van der Waals surface area contributed by atoms with E-state index in [0.29, 0.717) is 6.54 Å². The average Bonchev–Trinajstić information content (AvgIpc) is 2.72. The van der Waals surface area contributed by atoms with Gasteiger partial charge in [0.15, 0.2) is 0 Å². The maximum absolute atomic E-state index is 11.7. The summed E-state index contributed by atoms with van der Waals surface area (Å²) in [6, 6.07) is 3.80. The molecule has 0 spiro atoms. The Labute approximate surface area is 128 Å². The van der Waals surface area contributed by atoms with Crippen LogP contribution in [0, 0.1) is 20.8 Å². The zero-order valence-corrected chi connectivity index (χ0v) is 13.0. The van der Waals surface area contributed by atoms with Gasteiger partial charge in [0.1, 0.15) is 0 Å². The molecule has 2 rings (SSSR count). The van der Waals surface area contributed by atoms with Gasteiger partial charge in [-0.05, 0) is 38.0 Å². The molecule has 118 valence electrons. The van der Waals surface area contributed by atoms with Gasteiger partial charge in [0.05, 0.1) is 11.9 Å². The second-order valence-corrected chi connectivity index (χ2v) is 5.47. The lowest BCUT2D eigenvalue weighted by Crippen LogP contribution is -2.36. The number of carboxylic acids is 1. The predicted molar refractivity (Wildman–Crippen MR) is 85.0 cm³/mol. The monoisotopic (exact) mass is 303 g/mol. The van der Waals surface area contributed by atoms with E-state index in [2.05, 4.69) is 28.6 Å². The summed E-state index contributed by atoms with van der Waals surface area (Å²) < 4.78 is 0. The van der Waals surface area contributed by atoms with Crippen LogP contribution in [0.25, 0.3) is 10.9 Å². The van der Waals surface area contributed by atoms with Crippen molar-refractivity contribution in [3.8, 4) is 0 Å². The first-order valence-electron chi connectivity index (χ1n) is 7.20. The Hall–Kier alpha value is -2.50. The second kappa shape index (κ2) is 6.51. The second-order valence-electron chi connectivity index (χ2n) is 5.47. The standard InChI is InChI=1S/C16H21N3O3/c1-9-6-12(8-18-16(22)17-5-4-14(20)21)15-13(7-9)10(2)11(3)19-15/h6-7,19H,4-5,8H2,1-3H3,(H,20,21)(H2,17,18,22). The summed E-state index contributed by atoms with van der Waals surface area (Å²) in [6.45, 7) is 6.63. The number of benzene rings is 1. The number of aliphatic carboxylic acids is 1. The van der Waals surface area contributed by atoms with Crippen LogP contribution in [0.2, 0.25) is 0 Å². The van der Waals surface area contributed by atoms with Crippen molar-refractivity contribution in [2.45, 2.75) is 33.7 Å². The Balaban J connectivity index is 2.07. The Bertz CT molecular complexity index is 719. The SMILES string of the molecule is Cc1cc(CNC(=O)NCCC(=O)O)c2[nH]c(C)c(C)c2c1. The van der Waals surface area contributed by atoms with Crippen molar-refractivity contribution < 1.29 is 14.7 Å². The molecule has 0 saturated heterocycles. The summed E-state index contributed by atoms with van der Waals surface area (Å²) in [4.78, 5) is 25.4. The van der Waals surface area contributed by atoms with Crippen LogP contribution in [0.15, 0.2) is 12.1 Å². The number of hydrogen-bond acceptors (Lipinski definition) is 2. The zero-order chi connectivity index (χ0) is 16.3. The minimum Gasteiger partial charge on any atom is -0.481 e. The number of nitrogens with one attached hydrogen (secondary N) is 3. The summed E-state index contributed by atoms with van der Waals surface area (Å²) in [5.74, 6) is -0.932. The van der Waals surface area contributed by atoms with Crippen LogP contribution in [-0.4, -0.2) is 28.6 Å². The van der Waals surface area contributed by atoms with Crippen molar-refractivity contribution in [3.63, 3.8) is 0 Å². The molecule has 0 atom stereocenters. The van der Waals surface area contributed by atoms with E-state index in [0.717, 1.165) is 22.3 Å². The Kier molecular flexibility index (Phi) is 4.70. The summed E-state index contributed by atoms with van der Waals surface area (Å²) in [7, 11) is 0. The topological polar surface area (TPSA) is 94.2 Å². The van der Waals surface area contributed by atoms with Crippen LogP contribution in [0.3, 0.4) is 0 Å². The van der Waals surface area contributed by atoms with Crippen LogP contribution in [-0.2, 0) is 11.3 Å². The Morgan fingerprint density at radius 1 is 1.18 bits per heavy atom. The van der Waals surface area contributed by atoms with Crippen LogP contribution in [0.5, 0.6) is 0 Å². The van der Waals surface area contributed by atoms with Gasteiger partial charge in [-0.1, -0.05) is 11.6 Å². The summed E-state index contributed by atoms with van der Waals surface area (Å²) in [5, 5.41) is 15.0. The Morgan fingerprint density at radius 3 is 2.59 bits per heavy atom. The minimum absolute atomic E-state index is 0.0862. The molecular formula is C16H21N3O3. The summed E-state index contributed by atoms with van der Waals surface area (Å²) in [5.41, 5.74) is 5.52. The van der Waals surface area contributed by atoms with Crippen molar-refractivity contribution in [2.24, 2.45) is 0 Å². The molecular weight excluding hydrogens is 282 g/mol. The highest BCUT2D eigenvalue weighted by Gasteiger charge is 2.10. The highest BCUT2D eigenvalue weighted by Crippen LogP contribution is 2.25. The number of amides is 2. The van der Waals surface area contributed by atoms with Gasteiger partial charge >= 0.3 is 12.0 Å². The van der Waals surface area contributed by atoms with E-state index in [1.54, 1.807) is 0 Å². The summed E-state index contributed by atoms with van der Waals surface area (Å²) in [6.07, 6.45) is -0.0862. The maximum Gasteiger partial charge on any atom is 0.315 e. The first-order chi connectivity index (χ1) is 10.4. The number of carbonyl (C=O) groups is 2. The number of carbonyl (C=O) groups excluding carboxylic acids is 1. The van der Waals surface area contributed by atoms with Crippen LogP contribution in [0.4, 0.5) is 4.79 Å². The largest absolute Gasteiger partial charge is 0.481 e. The molecule has 2 amide bonds. The van der Waals surface area contributed by atoms with Gasteiger partial charge < -0.3 is 20.7 Å². The molecule has 0 saturated carbocycles. The smallest absolute Gasteiger partial charge is 0.315 e. The third kappa shape index (κ3) is 3.58. The predicted octanol–water partition coefficient (Wildman–Crippen LogP) is 2.37. The lowest BCUT2D eigenvalue weighted by atomic mass is 10.0. The highest BCUT2D eigenvalue weighted by molar-refractivity contribution is 5.88. The molecule has 0 aliphatic heterocycles. The normalized spacial score (nSPS) is 10.7. The van der Waals surface area contributed by atoms with E-state index < -0.39 is 5.97 Å². The molecule has 6 nitrogen and oxygen atoms in total. The van der Waals surface area contributed by atoms with Crippen molar-refractivity contribution in [3.05, 3.63) is 34.5 Å². The van der Waals surface area contributed by atoms with Crippen molar-refractivity contribution in [2.75, 3.05) is 6.54 Å². The number of fused-ring (bicyclic) bond motifs is 1. The molecule has 1 heterocycles. The van der Waals surface area contributed by atoms with Gasteiger partial charge in [-0.25, -0.2) is 4.79 Å². The molecule has 6 heteroatoms. The maximum atomic E-state index is 11.7. The summed E-state index contributed by atoms with van der Waals surface area (Å²) >= 11 is 0. The fraction of sp³-hybridized carbons (Fsp3) is 0.375. The molecule has 1 aromatic heterocycles. The first-order valence-corrected chi connectivity index (χ1v) is 7.20. The molecule has 2 aromatic rings. The molecule has 0 radical (unpaired) electrons. The van der Waals surface area contributed by atoms with Gasteiger partial charge in [0, 0.05) is 24.2 Å². The third-order valence-electron chi connectivity index (χ3n) is 3.71. The molecule has 22 heavy (non-hydrogen) atoms. The van der Waals surface area contributed by atoms with E-state index in [9.17, 15) is 9.59 Å². The van der Waals surface area contributed by atoms with E-state index in [1.165, 1.54) is 10.9 Å². The number of H-pyrrole nitrogens is 1. The molecule has 0 fully saturated rings. The highest BCUT2D eigenvalue weighted by atomic mass is 16.4. The van der Waals surface area contributed by atoms with Crippen LogP contribution < -0.4 is 10.6 Å². The molecule has 4 N–H and O–H groups in total. The quantitative estimate of drug-likeness (QED) is 0.683. The van der Waals surface area contributed by atoms with Gasteiger partial charge in [0.25, 0.3) is 0 Å². The van der Waals surface area contributed by atoms with E-state index in [-0.39, 0.29) is 19.0 Å². The van der Waals surface area contributed by atoms with Crippen molar-refractivity contribution in [1.29, 1.82) is 0 Å². The van der Waals surface area contributed by atoms with Gasteiger partial charge in [0.2, 0.25) is 0 Å². The first kappa shape index (κ1) is 15.9. The van der Waals surface area contributed by atoms with Gasteiger partial charge in [-0.15, -0.1) is 0 Å². The molecule has 0 bridgehead atoms. The van der Waals surface area contributed by atoms with Crippen LogP contribution >= 0.6 is 0 Å². The molecule has 1 aromatic carbocycles. The van der Waals surface area contributed by atoms with Gasteiger partial charge in [-0.3, -0.25) is 4.79 Å². The molecule has 0 aliphatic rings. The van der Waals surface area contributed by atoms with E-state index in [1.807, 2.05) is 19.9 Å². The average molecular weight is 303 g/mol.